The first-order chi connectivity index (χ1) is 13.0. The van der Waals surface area contributed by atoms with Crippen LogP contribution in [-0.2, 0) is 0 Å². The first-order valence-electron chi connectivity index (χ1n) is 7.73. The fourth-order valence-electron chi connectivity index (χ4n) is 2.79. The molecular weight excluding hydrogens is 364 g/mol. The molecule has 0 atom stereocenters. The summed E-state index contributed by atoms with van der Waals surface area (Å²) in [5.41, 5.74) is 8.82. The molecule has 0 aliphatic carbocycles. The molecule has 0 heterocycles. The largest absolute Gasteiger partial charge is 0.397 e. The van der Waals surface area contributed by atoms with Crippen LogP contribution in [0.15, 0.2) is 54.6 Å². The molecule has 130 valence electrons. The van der Waals surface area contributed by atoms with Gasteiger partial charge >= 0.3 is 0 Å². The van der Waals surface area contributed by atoms with E-state index in [4.69, 9.17) is 17.3 Å². The van der Waals surface area contributed by atoms with Gasteiger partial charge in [-0.15, -0.1) is 0 Å². The van der Waals surface area contributed by atoms with E-state index in [2.05, 4.69) is 6.07 Å². The summed E-state index contributed by atoms with van der Waals surface area (Å²) in [6.45, 7) is 0. The van der Waals surface area contributed by atoms with Crippen LogP contribution in [0.4, 0.5) is 11.4 Å². The Morgan fingerprint density at radius 3 is 1.74 bits per heavy atom. The Bertz CT molecular complexity index is 1130. The standard InChI is InChI=1S/C20H11ClN4O2/c21-14-5-1-12(2-6-14)16-9-17(19(11-23)20(24)18(16)10-22)13-3-7-15(8-4-13)25(26)27/h1-9H,24H2. The van der Waals surface area contributed by atoms with Crippen LogP contribution in [-0.4, -0.2) is 4.92 Å². The van der Waals surface area contributed by atoms with Crippen LogP contribution in [0.3, 0.4) is 0 Å². The van der Waals surface area contributed by atoms with Gasteiger partial charge in [-0.3, -0.25) is 10.1 Å². The number of nitro groups is 1. The third-order valence-corrected chi connectivity index (χ3v) is 4.39. The number of benzene rings is 3. The summed E-state index contributed by atoms with van der Waals surface area (Å²) in [6, 6.07) is 18.5. The van der Waals surface area contributed by atoms with Crippen molar-refractivity contribution in [1.82, 2.24) is 0 Å². The summed E-state index contributed by atoms with van der Waals surface area (Å²) in [7, 11) is 0. The Hall–Kier alpha value is -3.87. The van der Waals surface area contributed by atoms with E-state index in [1.807, 2.05) is 6.07 Å². The number of hydrogen-bond donors (Lipinski definition) is 1. The van der Waals surface area contributed by atoms with Gasteiger partial charge in [0.05, 0.1) is 21.7 Å². The molecule has 7 heteroatoms. The number of halogens is 1. The molecule has 0 radical (unpaired) electrons. The zero-order valence-electron chi connectivity index (χ0n) is 13.8. The molecule has 6 nitrogen and oxygen atoms in total. The maximum atomic E-state index is 10.9. The fraction of sp³-hybridized carbons (Fsp3) is 0. The van der Waals surface area contributed by atoms with Crippen molar-refractivity contribution in [2.75, 3.05) is 5.73 Å². The second-order valence-corrected chi connectivity index (χ2v) is 6.11. The zero-order chi connectivity index (χ0) is 19.6. The zero-order valence-corrected chi connectivity index (χ0v) is 14.6. The third kappa shape index (κ3) is 3.30. The van der Waals surface area contributed by atoms with E-state index < -0.39 is 4.92 Å². The molecule has 0 amide bonds. The van der Waals surface area contributed by atoms with Crippen molar-refractivity contribution < 1.29 is 4.92 Å². The summed E-state index contributed by atoms with van der Waals surface area (Å²) in [6.07, 6.45) is 0. The van der Waals surface area contributed by atoms with E-state index in [-0.39, 0.29) is 22.5 Å². The molecule has 0 aromatic heterocycles. The van der Waals surface area contributed by atoms with Crippen molar-refractivity contribution in [2.45, 2.75) is 0 Å². The number of nitrogens with zero attached hydrogens (tertiary/aromatic N) is 3. The number of nitriles is 2. The minimum atomic E-state index is -0.499. The Morgan fingerprint density at radius 2 is 1.33 bits per heavy atom. The molecule has 3 aromatic rings. The lowest BCUT2D eigenvalue weighted by Gasteiger charge is -2.14. The van der Waals surface area contributed by atoms with E-state index in [1.54, 1.807) is 42.5 Å². The predicted molar refractivity (Wildman–Crippen MR) is 103 cm³/mol. The van der Waals surface area contributed by atoms with Gasteiger partial charge in [0.1, 0.15) is 12.1 Å². The fourth-order valence-corrected chi connectivity index (χ4v) is 2.92. The Kier molecular flexibility index (Phi) is 4.76. The molecule has 0 aliphatic rings. The summed E-state index contributed by atoms with van der Waals surface area (Å²) in [4.78, 5) is 10.4. The van der Waals surface area contributed by atoms with Crippen LogP contribution in [0.5, 0.6) is 0 Å². The van der Waals surface area contributed by atoms with E-state index in [0.29, 0.717) is 21.7 Å². The first kappa shape index (κ1) is 17.9. The van der Waals surface area contributed by atoms with Crippen LogP contribution >= 0.6 is 11.6 Å². The number of rotatable bonds is 3. The minimum absolute atomic E-state index is 0.0585. The Balaban J connectivity index is 2.28. The van der Waals surface area contributed by atoms with Gasteiger partial charge in [-0.05, 0) is 41.5 Å². The number of hydrogen-bond acceptors (Lipinski definition) is 5. The quantitative estimate of drug-likeness (QED) is 0.397. The van der Waals surface area contributed by atoms with Crippen molar-refractivity contribution in [3.63, 3.8) is 0 Å². The monoisotopic (exact) mass is 374 g/mol. The minimum Gasteiger partial charge on any atom is -0.397 e. The van der Waals surface area contributed by atoms with E-state index in [0.717, 1.165) is 5.56 Å². The number of nitro benzene ring substituents is 1. The third-order valence-electron chi connectivity index (χ3n) is 4.13. The van der Waals surface area contributed by atoms with Crippen molar-refractivity contribution in [2.24, 2.45) is 0 Å². The average molecular weight is 375 g/mol. The molecule has 2 N–H and O–H groups in total. The van der Waals surface area contributed by atoms with Crippen LogP contribution in [0.2, 0.25) is 5.02 Å². The topological polar surface area (TPSA) is 117 Å². The maximum absolute atomic E-state index is 10.9. The number of nitrogens with two attached hydrogens (primary N) is 1. The van der Waals surface area contributed by atoms with Crippen LogP contribution in [0.25, 0.3) is 22.3 Å². The highest BCUT2D eigenvalue weighted by Gasteiger charge is 2.19. The highest BCUT2D eigenvalue weighted by atomic mass is 35.5. The van der Waals surface area contributed by atoms with Crippen molar-refractivity contribution in [3.05, 3.63) is 80.9 Å². The van der Waals surface area contributed by atoms with E-state index in [1.165, 1.54) is 12.1 Å². The normalized spacial score (nSPS) is 10.0. The molecule has 0 spiro atoms. The molecule has 0 unspecified atom stereocenters. The molecule has 3 aromatic carbocycles. The lowest BCUT2D eigenvalue weighted by Crippen LogP contribution is -2.00. The molecule has 0 aliphatic heterocycles. The predicted octanol–water partition coefficient (Wildman–Crippen LogP) is 4.91. The van der Waals surface area contributed by atoms with Crippen LogP contribution in [0.1, 0.15) is 11.1 Å². The molecule has 0 bridgehead atoms. The highest BCUT2D eigenvalue weighted by molar-refractivity contribution is 6.30. The molecule has 0 fully saturated rings. The summed E-state index contributed by atoms with van der Waals surface area (Å²) >= 11 is 5.93. The van der Waals surface area contributed by atoms with Crippen LogP contribution < -0.4 is 5.73 Å². The molecular formula is C20H11ClN4O2. The van der Waals surface area contributed by atoms with Crippen molar-refractivity contribution in [1.29, 1.82) is 10.5 Å². The van der Waals surface area contributed by atoms with Gasteiger partial charge in [-0.1, -0.05) is 23.7 Å². The van der Waals surface area contributed by atoms with Gasteiger partial charge in [0, 0.05) is 28.3 Å². The van der Waals surface area contributed by atoms with Gasteiger partial charge in [-0.2, -0.15) is 10.5 Å². The summed E-state index contributed by atoms with van der Waals surface area (Å²) < 4.78 is 0. The van der Waals surface area contributed by atoms with Gasteiger partial charge in [-0.25, -0.2) is 0 Å². The average Bonchev–Trinajstić information content (AvgIpc) is 2.68. The van der Waals surface area contributed by atoms with Gasteiger partial charge < -0.3 is 5.73 Å². The lowest BCUT2D eigenvalue weighted by molar-refractivity contribution is -0.384. The first-order valence-corrected chi connectivity index (χ1v) is 8.11. The molecule has 3 rings (SSSR count). The SMILES string of the molecule is N#Cc1c(-c2ccc(Cl)cc2)cc(-c2ccc([N+](=O)[O-])cc2)c(C#N)c1N. The van der Waals surface area contributed by atoms with E-state index in [9.17, 15) is 20.6 Å². The number of anilines is 1. The maximum Gasteiger partial charge on any atom is 0.269 e. The smallest absolute Gasteiger partial charge is 0.269 e. The Morgan fingerprint density at radius 1 is 0.889 bits per heavy atom. The lowest BCUT2D eigenvalue weighted by atomic mass is 9.89. The second kappa shape index (κ2) is 7.17. The molecule has 27 heavy (non-hydrogen) atoms. The van der Waals surface area contributed by atoms with Crippen molar-refractivity contribution >= 4 is 23.0 Å². The highest BCUT2D eigenvalue weighted by Crippen LogP contribution is 2.37. The van der Waals surface area contributed by atoms with E-state index >= 15 is 0 Å². The molecule has 0 saturated heterocycles. The Labute approximate surface area is 159 Å². The summed E-state index contributed by atoms with van der Waals surface area (Å²) in [5.74, 6) is 0. The van der Waals surface area contributed by atoms with Gasteiger partial charge in [0.2, 0.25) is 0 Å². The van der Waals surface area contributed by atoms with Crippen molar-refractivity contribution in [3.8, 4) is 34.4 Å². The molecule has 0 saturated carbocycles. The number of nitrogen functional groups attached to an aromatic ring is 1. The van der Waals surface area contributed by atoms with Crippen LogP contribution in [0, 0.1) is 32.8 Å². The second-order valence-electron chi connectivity index (χ2n) is 5.67. The number of non-ortho nitro benzene ring substituents is 1. The van der Waals surface area contributed by atoms with Gasteiger partial charge in [0.15, 0.2) is 0 Å². The van der Waals surface area contributed by atoms with Gasteiger partial charge in [0.25, 0.3) is 5.69 Å². The summed E-state index contributed by atoms with van der Waals surface area (Å²) in [5, 5.41) is 30.5.